The number of fused-ring (bicyclic) bond motifs is 2. The Kier molecular flexibility index (Phi) is 5.88. The van der Waals surface area contributed by atoms with Gasteiger partial charge in [-0.1, -0.05) is 38.1 Å². The number of aromatic amines is 2. The maximum absolute atomic E-state index is 13.5. The monoisotopic (exact) mass is 505 g/mol. The maximum Gasteiger partial charge on any atom is 0.224 e. The van der Waals surface area contributed by atoms with E-state index in [9.17, 15) is 9.18 Å². The molecule has 0 aliphatic rings. The molecule has 0 fully saturated rings. The second kappa shape index (κ2) is 9.51. The Hall–Kier alpha value is -4.92. The first kappa shape index (κ1) is 23.5. The van der Waals surface area contributed by atoms with Gasteiger partial charge in [-0.05, 0) is 41.8 Å². The minimum Gasteiger partial charge on any atom is -0.337 e. The third kappa shape index (κ3) is 4.50. The van der Waals surface area contributed by atoms with Gasteiger partial charge in [0.25, 0.3) is 0 Å². The van der Waals surface area contributed by atoms with Crippen LogP contribution in [0.3, 0.4) is 0 Å². The Morgan fingerprint density at radius 1 is 1.00 bits per heavy atom. The van der Waals surface area contributed by atoms with Crippen LogP contribution in [0.25, 0.3) is 55.8 Å². The average molecular weight is 506 g/mol. The van der Waals surface area contributed by atoms with E-state index in [1.54, 1.807) is 30.7 Å². The highest BCUT2D eigenvalue weighted by molar-refractivity contribution is 5.98. The number of pyridine rings is 2. The molecule has 0 unspecified atom stereocenters. The molecule has 4 aromatic heterocycles. The van der Waals surface area contributed by atoms with E-state index in [1.165, 1.54) is 12.1 Å². The number of aromatic nitrogens is 6. The van der Waals surface area contributed by atoms with Crippen LogP contribution in [-0.2, 0) is 4.79 Å². The van der Waals surface area contributed by atoms with Crippen LogP contribution < -0.4 is 5.32 Å². The van der Waals surface area contributed by atoms with Crippen LogP contribution in [-0.4, -0.2) is 36.0 Å². The standard InChI is InChI=1S/C29H24FN7O/c1-16(2)10-26(38)33-20-11-18(13-31-14-20)24-12-22-25(15-32-24)36-37-28(22)29-34-23-5-3-4-21(27(23)35-29)17-6-8-19(30)9-7-17/h3-9,11-16H,10H2,1-2H3,(H,33,38)(H,34,35)(H,36,37). The van der Waals surface area contributed by atoms with Gasteiger partial charge < -0.3 is 10.3 Å². The molecule has 0 aliphatic carbocycles. The Labute approximate surface area is 217 Å². The lowest BCUT2D eigenvalue weighted by atomic mass is 10.0. The Morgan fingerprint density at radius 3 is 2.66 bits per heavy atom. The Bertz CT molecular complexity index is 1790. The van der Waals surface area contributed by atoms with Gasteiger partial charge in [0, 0.05) is 29.1 Å². The number of imidazole rings is 1. The fourth-order valence-electron chi connectivity index (χ4n) is 4.49. The van der Waals surface area contributed by atoms with Crippen molar-refractivity contribution in [2.24, 2.45) is 5.92 Å². The van der Waals surface area contributed by atoms with Crippen LogP contribution in [0.15, 0.2) is 73.2 Å². The summed E-state index contributed by atoms with van der Waals surface area (Å²) in [6.07, 6.45) is 5.49. The molecule has 1 amide bonds. The summed E-state index contributed by atoms with van der Waals surface area (Å²) in [5, 5.41) is 11.3. The summed E-state index contributed by atoms with van der Waals surface area (Å²) in [4.78, 5) is 29.3. The first-order valence-corrected chi connectivity index (χ1v) is 12.3. The van der Waals surface area contributed by atoms with Crippen molar-refractivity contribution in [1.29, 1.82) is 0 Å². The number of anilines is 1. The quantitative estimate of drug-likeness (QED) is 0.244. The van der Waals surface area contributed by atoms with Crippen molar-refractivity contribution in [2.45, 2.75) is 20.3 Å². The molecule has 0 saturated carbocycles. The fourth-order valence-corrected chi connectivity index (χ4v) is 4.49. The third-order valence-electron chi connectivity index (χ3n) is 6.25. The molecule has 188 valence electrons. The highest BCUT2D eigenvalue weighted by Crippen LogP contribution is 2.32. The summed E-state index contributed by atoms with van der Waals surface area (Å²) in [6, 6.07) is 16.0. The summed E-state index contributed by atoms with van der Waals surface area (Å²) in [7, 11) is 0. The maximum atomic E-state index is 13.5. The highest BCUT2D eigenvalue weighted by atomic mass is 19.1. The first-order valence-electron chi connectivity index (χ1n) is 12.3. The summed E-state index contributed by atoms with van der Waals surface area (Å²) in [6.45, 7) is 4.00. The Morgan fingerprint density at radius 2 is 1.84 bits per heavy atom. The molecule has 0 saturated heterocycles. The van der Waals surface area contributed by atoms with Gasteiger partial charge >= 0.3 is 0 Å². The molecule has 38 heavy (non-hydrogen) atoms. The molecule has 0 radical (unpaired) electrons. The van der Waals surface area contributed by atoms with Crippen LogP contribution in [0.1, 0.15) is 20.3 Å². The summed E-state index contributed by atoms with van der Waals surface area (Å²) < 4.78 is 13.5. The number of amides is 1. The molecule has 6 rings (SSSR count). The van der Waals surface area contributed by atoms with Crippen LogP contribution >= 0.6 is 0 Å². The van der Waals surface area contributed by atoms with Crippen molar-refractivity contribution in [1.82, 2.24) is 30.1 Å². The second-order valence-corrected chi connectivity index (χ2v) is 9.59. The van der Waals surface area contributed by atoms with Crippen molar-refractivity contribution in [3.05, 3.63) is 79.0 Å². The molecule has 4 heterocycles. The van der Waals surface area contributed by atoms with Gasteiger partial charge in [0.05, 0.1) is 40.3 Å². The van der Waals surface area contributed by atoms with E-state index >= 15 is 0 Å². The van der Waals surface area contributed by atoms with Crippen molar-refractivity contribution < 1.29 is 9.18 Å². The normalized spacial score (nSPS) is 11.5. The van der Waals surface area contributed by atoms with Crippen LogP contribution in [0.5, 0.6) is 0 Å². The lowest BCUT2D eigenvalue weighted by Gasteiger charge is -2.08. The number of hydrogen-bond acceptors (Lipinski definition) is 5. The largest absolute Gasteiger partial charge is 0.337 e. The number of benzene rings is 2. The molecular formula is C29H24FN7O. The summed E-state index contributed by atoms with van der Waals surface area (Å²) >= 11 is 0. The number of hydrogen-bond donors (Lipinski definition) is 3. The minimum atomic E-state index is -0.283. The van der Waals surface area contributed by atoms with Crippen LogP contribution in [0.2, 0.25) is 0 Å². The van der Waals surface area contributed by atoms with Gasteiger partial charge in [-0.25, -0.2) is 9.37 Å². The minimum absolute atomic E-state index is 0.0515. The number of carbonyl (C=O) groups excluding carboxylic acids is 1. The van der Waals surface area contributed by atoms with E-state index in [-0.39, 0.29) is 17.6 Å². The lowest BCUT2D eigenvalue weighted by Crippen LogP contribution is -2.13. The van der Waals surface area contributed by atoms with Crippen molar-refractivity contribution in [3.63, 3.8) is 0 Å². The predicted molar refractivity (Wildman–Crippen MR) is 146 cm³/mol. The summed E-state index contributed by atoms with van der Waals surface area (Å²) in [5.74, 6) is 0.532. The van der Waals surface area contributed by atoms with Gasteiger partial charge in [-0.15, -0.1) is 0 Å². The number of nitrogens with one attached hydrogen (secondary N) is 3. The number of H-pyrrole nitrogens is 2. The van der Waals surface area contributed by atoms with Crippen molar-refractivity contribution in [3.8, 4) is 33.9 Å². The van der Waals surface area contributed by atoms with Crippen LogP contribution in [0.4, 0.5) is 10.1 Å². The number of para-hydroxylation sites is 1. The molecule has 0 atom stereocenters. The van der Waals surface area contributed by atoms with Gasteiger partial charge in [0.15, 0.2) is 5.82 Å². The van der Waals surface area contributed by atoms with Crippen molar-refractivity contribution >= 4 is 33.5 Å². The molecule has 8 nitrogen and oxygen atoms in total. The molecular weight excluding hydrogens is 481 g/mol. The zero-order valence-electron chi connectivity index (χ0n) is 20.8. The zero-order valence-corrected chi connectivity index (χ0v) is 20.8. The van der Waals surface area contributed by atoms with Crippen molar-refractivity contribution in [2.75, 3.05) is 5.32 Å². The van der Waals surface area contributed by atoms with Gasteiger partial charge in [-0.3, -0.25) is 19.9 Å². The van der Waals surface area contributed by atoms with E-state index in [0.717, 1.165) is 38.6 Å². The Balaban J connectivity index is 1.38. The third-order valence-corrected chi connectivity index (χ3v) is 6.25. The summed E-state index contributed by atoms with van der Waals surface area (Å²) in [5.41, 5.74) is 6.88. The lowest BCUT2D eigenvalue weighted by molar-refractivity contribution is -0.116. The van der Waals surface area contributed by atoms with Gasteiger partial charge in [0.2, 0.25) is 5.91 Å². The highest BCUT2D eigenvalue weighted by Gasteiger charge is 2.17. The van der Waals surface area contributed by atoms with Gasteiger partial charge in [0.1, 0.15) is 11.5 Å². The van der Waals surface area contributed by atoms with E-state index in [2.05, 4.69) is 30.5 Å². The fraction of sp³-hybridized carbons (Fsp3) is 0.138. The molecule has 2 aromatic carbocycles. The van der Waals surface area contributed by atoms with E-state index < -0.39 is 0 Å². The first-order chi connectivity index (χ1) is 18.4. The molecule has 3 N–H and O–H groups in total. The molecule has 0 spiro atoms. The van der Waals surface area contributed by atoms with Crippen LogP contribution in [0, 0.1) is 11.7 Å². The van der Waals surface area contributed by atoms with E-state index in [1.807, 2.05) is 44.2 Å². The molecule has 6 aromatic rings. The smallest absolute Gasteiger partial charge is 0.224 e. The average Bonchev–Trinajstić information content (AvgIpc) is 3.52. The SMILES string of the molecule is CC(C)CC(=O)Nc1cncc(-c2cc3c(-c4nc5c(-c6ccc(F)cc6)cccc5[nH]4)n[nH]c3cn2)c1. The van der Waals surface area contributed by atoms with E-state index in [4.69, 9.17) is 4.98 Å². The molecule has 0 aliphatic heterocycles. The zero-order chi connectivity index (χ0) is 26.2. The molecule has 0 bridgehead atoms. The molecule has 9 heteroatoms. The number of halogens is 1. The number of rotatable bonds is 6. The second-order valence-electron chi connectivity index (χ2n) is 9.59. The van der Waals surface area contributed by atoms with E-state index in [0.29, 0.717) is 29.3 Å². The number of nitrogens with zero attached hydrogens (tertiary/aromatic N) is 4. The predicted octanol–water partition coefficient (Wildman–Crippen LogP) is 6.35. The van der Waals surface area contributed by atoms with Gasteiger partial charge in [-0.2, -0.15) is 5.10 Å². The topological polar surface area (TPSA) is 112 Å². The number of carbonyl (C=O) groups is 1.